The lowest BCUT2D eigenvalue weighted by Crippen LogP contribution is -2.34. The largest absolute Gasteiger partial charge is 0.361 e. The molecule has 4 nitrogen and oxygen atoms in total. The first-order valence-corrected chi connectivity index (χ1v) is 8.26. The summed E-state index contributed by atoms with van der Waals surface area (Å²) in [6, 6.07) is 5.00. The summed E-state index contributed by atoms with van der Waals surface area (Å²) in [5, 5.41) is 7.90. The molecule has 3 heterocycles. The van der Waals surface area contributed by atoms with Crippen molar-refractivity contribution in [2.75, 3.05) is 19.6 Å². The van der Waals surface area contributed by atoms with Crippen molar-refractivity contribution in [2.45, 2.75) is 25.2 Å². The number of fused-ring (bicyclic) bond motifs is 1. The molecule has 1 aliphatic heterocycles. The van der Waals surface area contributed by atoms with E-state index in [1.54, 1.807) is 6.07 Å². The fourth-order valence-corrected chi connectivity index (χ4v) is 3.62. The Morgan fingerprint density at radius 1 is 1.22 bits per heavy atom. The smallest absolute Gasteiger partial charge is 0.123 e. The van der Waals surface area contributed by atoms with E-state index in [2.05, 4.69) is 26.3 Å². The number of rotatable bonds is 4. The second-order valence-corrected chi connectivity index (χ2v) is 6.41. The highest BCUT2D eigenvalue weighted by Gasteiger charge is 2.22. The number of likely N-dealkylation sites (tertiary alicyclic amines) is 1. The van der Waals surface area contributed by atoms with Crippen molar-refractivity contribution in [3.05, 3.63) is 53.7 Å². The van der Waals surface area contributed by atoms with E-state index in [4.69, 9.17) is 0 Å². The van der Waals surface area contributed by atoms with Gasteiger partial charge in [-0.25, -0.2) is 4.39 Å². The lowest BCUT2D eigenvalue weighted by molar-refractivity contribution is 0.215. The van der Waals surface area contributed by atoms with Crippen molar-refractivity contribution in [1.29, 1.82) is 0 Å². The molecule has 1 aromatic carbocycles. The molecule has 0 saturated carbocycles. The van der Waals surface area contributed by atoms with Crippen molar-refractivity contribution in [3.63, 3.8) is 0 Å². The monoisotopic (exact) mass is 312 g/mol. The van der Waals surface area contributed by atoms with Gasteiger partial charge in [-0.15, -0.1) is 0 Å². The van der Waals surface area contributed by atoms with Gasteiger partial charge < -0.3 is 9.88 Å². The number of nitrogens with one attached hydrogen (secondary N) is 2. The molecule has 1 saturated heterocycles. The van der Waals surface area contributed by atoms with Crippen molar-refractivity contribution in [3.8, 4) is 0 Å². The van der Waals surface area contributed by atoms with Gasteiger partial charge in [0.05, 0.1) is 6.20 Å². The molecule has 0 radical (unpaired) electrons. The molecule has 0 spiro atoms. The highest BCUT2D eigenvalue weighted by molar-refractivity contribution is 5.83. The van der Waals surface area contributed by atoms with Crippen molar-refractivity contribution in [1.82, 2.24) is 20.1 Å². The Balaban J connectivity index is 1.39. The van der Waals surface area contributed by atoms with Crippen LogP contribution >= 0.6 is 0 Å². The lowest BCUT2D eigenvalue weighted by atomic mass is 9.89. The van der Waals surface area contributed by atoms with Gasteiger partial charge in [0, 0.05) is 29.8 Å². The molecule has 4 rings (SSSR count). The zero-order valence-electron chi connectivity index (χ0n) is 13.1. The van der Waals surface area contributed by atoms with Crippen LogP contribution in [-0.4, -0.2) is 39.7 Å². The molecule has 0 unspecified atom stereocenters. The molecule has 0 bridgehead atoms. The van der Waals surface area contributed by atoms with Gasteiger partial charge in [0.15, 0.2) is 0 Å². The summed E-state index contributed by atoms with van der Waals surface area (Å²) in [4.78, 5) is 5.79. The number of aromatic nitrogens is 3. The van der Waals surface area contributed by atoms with Gasteiger partial charge in [-0.2, -0.15) is 5.10 Å². The summed E-state index contributed by atoms with van der Waals surface area (Å²) in [7, 11) is 0. The van der Waals surface area contributed by atoms with Crippen LogP contribution in [0.2, 0.25) is 0 Å². The number of piperidine rings is 1. The Kier molecular flexibility index (Phi) is 3.87. The third-order valence-corrected chi connectivity index (χ3v) is 4.97. The Bertz CT molecular complexity index is 770. The first-order chi connectivity index (χ1) is 11.3. The van der Waals surface area contributed by atoms with E-state index in [1.807, 2.05) is 18.5 Å². The molecular formula is C18H21FN4. The van der Waals surface area contributed by atoms with E-state index < -0.39 is 0 Å². The van der Waals surface area contributed by atoms with Gasteiger partial charge in [0.2, 0.25) is 0 Å². The average molecular weight is 312 g/mol. The molecular weight excluding hydrogens is 291 g/mol. The fourth-order valence-electron chi connectivity index (χ4n) is 3.62. The van der Waals surface area contributed by atoms with Crippen molar-refractivity contribution < 1.29 is 4.39 Å². The van der Waals surface area contributed by atoms with Crippen LogP contribution in [0.15, 0.2) is 36.8 Å². The van der Waals surface area contributed by atoms with Crippen LogP contribution in [0.4, 0.5) is 4.39 Å². The predicted molar refractivity (Wildman–Crippen MR) is 89.0 cm³/mol. The van der Waals surface area contributed by atoms with E-state index in [-0.39, 0.29) is 5.82 Å². The normalized spacial score (nSPS) is 17.1. The molecule has 0 aliphatic carbocycles. The Morgan fingerprint density at radius 2 is 2.09 bits per heavy atom. The number of hydrogen-bond acceptors (Lipinski definition) is 2. The Morgan fingerprint density at radius 3 is 2.87 bits per heavy atom. The van der Waals surface area contributed by atoms with Gasteiger partial charge in [0.25, 0.3) is 0 Å². The molecule has 3 aromatic rings. The quantitative estimate of drug-likeness (QED) is 0.775. The molecule has 23 heavy (non-hydrogen) atoms. The Hall–Kier alpha value is -2.14. The minimum absolute atomic E-state index is 0.157. The van der Waals surface area contributed by atoms with Crippen LogP contribution in [0.1, 0.15) is 29.9 Å². The summed E-state index contributed by atoms with van der Waals surface area (Å²) in [5.74, 6) is 0.367. The molecule has 0 amide bonds. The molecule has 1 aliphatic rings. The maximum Gasteiger partial charge on any atom is 0.123 e. The summed E-state index contributed by atoms with van der Waals surface area (Å²) < 4.78 is 13.5. The summed E-state index contributed by atoms with van der Waals surface area (Å²) in [6.07, 6.45) is 9.24. The van der Waals surface area contributed by atoms with Crippen LogP contribution in [0.3, 0.4) is 0 Å². The number of hydrogen-bond donors (Lipinski definition) is 2. The highest BCUT2D eigenvalue weighted by Crippen LogP contribution is 2.33. The molecule has 1 fully saturated rings. The zero-order valence-corrected chi connectivity index (χ0v) is 13.1. The number of benzene rings is 1. The minimum Gasteiger partial charge on any atom is -0.361 e. The summed E-state index contributed by atoms with van der Waals surface area (Å²) in [5.41, 5.74) is 3.57. The SMILES string of the molecule is Fc1ccc2[nH]cc(C3CCN(CCc4cn[nH]c4)CC3)c2c1. The predicted octanol–water partition coefficient (Wildman–Crippen LogP) is 3.45. The molecule has 120 valence electrons. The fraction of sp³-hybridized carbons (Fsp3) is 0.389. The summed E-state index contributed by atoms with van der Waals surface area (Å²) >= 11 is 0. The van der Waals surface area contributed by atoms with E-state index in [0.717, 1.165) is 49.8 Å². The van der Waals surface area contributed by atoms with E-state index in [9.17, 15) is 4.39 Å². The van der Waals surface area contributed by atoms with Crippen LogP contribution < -0.4 is 0 Å². The third kappa shape index (κ3) is 3.01. The van der Waals surface area contributed by atoms with Crippen molar-refractivity contribution >= 4 is 10.9 Å². The van der Waals surface area contributed by atoms with Gasteiger partial charge in [-0.1, -0.05) is 0 Å². The van der Waals surface area contributed by atoms with Crippen LogP contribution in [0.5, 0.6) is 0 Å². The lowest BCUT2D eigenvalue weighted by Gasteiger charge is -2.31. The van der Waals surface area contributed by atoms with E-state index >= 15 is 0 Å². The zero-order chi connectivity index (χ0) is 15.6. The second kappa shape index (κ2) is 6.16. The van der Waals surface area contributed by atoms with Crippen LogP contribution in [-0.2, 0) is 6.42 Å². The molecule has 0 atom stereocenters. The highest BCUT2D eigenvalue weighted by atomic mass is 19.1. The molecule has 5 heteroatoms. The Labute approximate surface area is 134 Å². The van der Waals surface area contributed by atoms with Crippen LogP contribution in [0.25, 0.3) is 10.9 Å². The number of halogens is 1. The third-order valence-electron chi connectivity index (χ3n) is 4.97. The van der Waals surface area contributed by atoms with Gasteiger partial charge in [0.1, 0.15) is 5.82 Å². The average Bonchev–Trinajstić information content (AvgIpc) is 3.22. The summed E-state index contributed by atoms with van der Waals surface area (Å²) in [6.45, 7) is 3.28. The van der Waals surface area contributed by atoms with Crippen molar-refractivity contribution in [2.24, 2.45) is 0 Å². The molecule has 2 aromatic heterocycles. The second-order valence-electron chi connectivity index (χ2n) is 6.41. The molecule has 2 N–H and O–H groups in total. The van der Waals surface area contributed by atoms with E-state index in [1.165, 1.54) is 17.2 Å². The van der Waals surface area contributed by atoms with E-state index in [0.29, 0.717) is 5.92 Å². The number of H-pyrrole nitrogens is 2. The first-order valence-electron chi connectivity index (χ1n) is 8.26. The maximum atomic E-state index is 13.5. The van der Waals surface area contributed by atoms with Crippen LogP contribution in [0, 0.1) is 5.82 Å². The maximum absolute atomic E-state index is 13.5. The van der Waals surface area contributed by atoms with Gasteiger partial charge >= 0.3 is 0 Å². The van der Waals surface area contributed by atoms with Gasteiger partial charge in [-0.3, -0.25) is 5.10 Å². The first kappa shape index (κ1) is 14.5. The van der Waals surface area contributed by atoms with Gasteiger partial charge in [-0.05, 0) is 67.6 Å². The standard InChI is InChI=1S/C18H21FN4/c19-15-1-2-18-16(9-15)17(12-20-18)14-4-7-23(8-5-14)6-3-13-10-21-22-11-13/h1-2,9-12,14,20H,3-8H2,(H,21,22). The number of nitrogens with zero attached hydrogens (tertiary/aromatic N) is 2. The topological polar surface area (TPSA) is 47.7 Å². The minimum atomic E-state index is -0.157. The number of aromatic amines is 2.